The van der Waals surface area contributed by atoms with Crippen molar-refractivity contribution in [2.75, 3.05) is 39.6 Å². The van der Waals surface area contributed by atoms with Gasteiger partial charge in [0.15, 0.2) is 6.10 Å². The molecular formula is C83H132O16P2. The molecule has 0 aliphatic rings. The minimum Gasteiger partial charge on any atom is -0.463 e. The van der Waals surface area contributed by atoms with Crippen LogP contribution in [-0.4, -0.2) is 95.9 Å². The smallest absolute Gasteiger partial charge is 0.463 e. The van der Waals surface area contributed by atoms with Crippen molar-refractivity contribution in [1.29, 1.82) is 0 Å². The van der Waals surface area contributed by atoms with Crippen LogP contribution in [0.1, 0.15) is 252 Å². The van der Waals surface area contributed by atoms with Gasteiger partial charge < -0.3 is 34.2 Å². The van der Waals surface area contributed by atoms with Gasteiger partial charge in [0.25, 0.3) is 0 Å². The van der Waals surface area contributed by atoms with E-state index in [2.05, 4.69) is 197 Å². The Labute approximate surface area is 610 Å². The topological polar surface area (TPSA) is 231 Å². The Bertz CT molecular complexity index is 2620. The highest BCUT2D eigenvalue weighted by Crippen LogP contribution is 2.45. The van der Waals surface area contributed by atoms with Crippen LogP contribution in [0.4, 0.5) is 0 Å². The summed E-state index contributed by atoms with van der Waals surface area (Å²) >= 11 is 0. The van der Waals surface area contributed by atoms with Gasteiger partial charge in [-0.1, -0.05) is 273 Å². The van der Waals surface area contributed by atoms with Crippen LogP contribution in [0.5, 0.6) is 0 Å². The zero-order chi connectivity index (χ0) is 73.7. The van der Waals surface area contributed by atoms with Gasteiger partial charge in [0.2, 0.25) is 0 Å². The zero-order valence-corrected chi connectivity index (χ0v) is 63.8. The molecule has 0 aromatic rings. The summed E-state index contributed by atoms with van der Waals surface area (Å²) in [4.78, 5) is 58.6. The number of aliphatic hydroxyl groups excluding tert-OH is 2. The second-order valence-electron chi connectivity index (χ2n) is 24.3. The van der Waals surface area contributed by atoms with Crippen molar-refractivity contribution >= 4 is 33.6 Å². The maximum absolute atomic E-state index is 12.9. The van der Waals surface area contributed by atoms with Gasteiger partial charge in [0, 0.05) is 19.3 Å². The number of hydrogen-bond acceptors (Lipinski definition) is 14. The second kappa shape index (κ2) is 74.1. The molecule has 0 aromatic heterocycles. The highest BCUT2D eigenvalue weighted by molar-refractivity contribution is 7.47. The maximum atomic E-state index is 12.9. The second-order valence-corrected chi connectivity index (χ2v) is 27.2. The molecule has 5 atom stereocenters. The summed E-state index contributed by atoms with van der Waals surface area (Å²) in [6.45, 7) is 2.26. The van der Waals surface area contributed by atoms with Gasteiger partial charge in [-0.25, -0.2) is 9.13 Å². The SMILES string of the molecule is CC/C=C\C/C=C\C/C=C\C/C=C\C/C=C\C/C=C\CCCCCCCCC(=O)OCC(O)COP(=O)(O)OCC(O)COP(=O)(O)OCC(COC(=O)CCCCCCC/C=C\C/C=C\C/C=C\C/C=C\CCCCC)OC(=O)CC/C=C\C/C=C\C/C=C\C/C=C\C/C=C\C/C=C\CC. The molecule has 0 rings (SSSR count). The monoisotopic (exact) mass is 1450 g/mol. The molecule has 18 heteroatoms. The molecule has 0 saturated carbocycles. The fourth-order valence-corrected chi connectivity index (χ4v) is 10.7. The van der Waals surface area contributed by atoms with Crippen molar-refractivity contribution in [3.8, 4) is 0 Å². The largest absolute Gasteiger partial charge is 0.472 e. The van der Waals surface area contributed by atoms with E-state index >= 15 is 0 Å². The number of rotatable bonds is 69. The van der Waals surface area contributed by atoms with E-state index in [0.29, 0.717) is 25.7 Å². The highest BCUT2D eigenvalue weighted by atomic mass is 31.2. The van der Waals surface area contributed by atoms with Crippen LogP contribution in [0.3, 0.4) is 0 Å². The van der Waals surface area contributed by atoms with Crippen molar-refractivity contribution in [3.63, 3.8) is 0 Å². The number of carbonyl (C=O) groups excluding carboxylic acids is 3. The van der Waals surface area contributed by atoms with Crippen molar-refractivity contribution in [2.45, 2.75) is 270 Å². The molecule has 4 N–H and O–H groups in total. The molecule has 0 heterocycles. The van der Waals surface area contributed by atoms with Crippen LogP contribution in [0.25, 0.3) is 0 Å². The lowest BCUT2D eigenvalue weighted by Crippen LogP contribution is -2.29. The predicted molar refractivity (Wildman–Crippen MR) is 417 cm³/mol. The lowest BCUT2D eigenvalue weighted by Gasteiger charge is -2.21. The summed E-state index contributed by atoms with van der Waals surface area (Å²) in [5.74, 6) is -1.73. The Morgan fingerprint density at radius 1 is 0.287 bits per heavy atom. The first kappa shape index (κ1) is 95.4. The van der Waals surface area contributed by atoms with Crippen LogP contribution in [0, 0.1) is 0 Å². The number of aliphatic hydroxyl groups is 2. The van der Waals surface area contributed by atoms with Crippen molar-refractivity contribution in [2.24, 2.45) is 0 Å². The van der Waals surface area contributed by atoms with E-state index in [1.165, 1.54) is 19.3 Å². The quantitative estimate of drug-likeness (QED) is 0.0146. The van der Waals surface area contributed by atoms with Crippen molar-refractivity contribution in [1.82, 2.24) is 0 Å². The minimum absolute atomic E-state index is 0.0336. The number of unbranched alkanes of at least 4 members (excludes halogenated alkanes) is 14. The van der Waals surface area contributed by atoms with E-state index in [9.17, 15) is 43.5 Å². The molecule has 0 bridgehead atoms. The number of hydrogen-bond donors (Lipinski definition) is 4. The van der Waals surface area contributed by atoms with Crippen molar-refractivity contribution < 1.29 is 75.8 Å². The summed E-state index contributed by atoms with van der Waals surface area (Å²) < 4.78 is 61.0. The first-order chi connectivity index (χ1) is 49.2. The van der Waals surface area contributed by atoms with E-state index in [1.807, 2.05) is 18.2 Å². The van der Waals surface area contributed by atoms with Crippen LogP contribution in [0.2, 0.25) is 0 Å². The third-order valence-corrected chi connectivity index (χ3v) is 16.7. The number of phosphoric acid groups is 2. The fraction of sp³-hybridized carbons (Fsp3) is 0.578. The Kier molecular flexibility index (Phi) is 70.0. The Morgan fingerprint density at radius 3 is 0.871 bits per heavy atom. The third-order valence-electron chi connectivity index (χ3n) is 14.8. The third kappa shape index (κ3) is 75.4. The average Bonchev–Trinajstić information content (AvgIpc) is 0.990. The van der Waals surface area contributed by atoms with Gasteiger partial charge in [-0.3, -0.25) is 32.5 Å². The standard InChI is InChI=1S/C83H132O16P2/c1-4-7-10-13-16-19-22-25-28-31-34-36-37-38-39-41-44-45-48-51-54-57-60-63-66-69-81(86)93-72-78(84)73-95-100(89,90)96-74-79(85)75-97-101(91,92)98-77-80(99-83(88)71-68-65-62-59-56-53-50-47-42-33-30-27-24-21-18-15-12-9-6-3)76-94-82(87)70-67-64-61-58-55-52-49-46-43-40-35-32-29-26-23-20-17-14-11-8-5-2/h7,9-10,12,16-21,25-30,34-36,38-40,42,44-47,49,53,56,62,65,78-80,84-85H,4-6,8,11,13-15,22-24,31-33,37,41,43,48,50-52,54-55,57-61,63-64,66-77H2,1-3H3,(H,89,90)(H,91,92)/b10-7-,12-9-,19-16-,20-17-,21-18-,28-25-,29-26-,30-27-,36-34-,39-38-,40-35-,45-44-,47-42-,49-46-,56-53-,65-62-. The molecule has 0 radical (unpaired) electrons. The summed E-state index contributed by atoms with van der Waals surface area (Å²) in [6.07, 6.45) is 96.3. The molecule has 0 aliphatic heterocycles. The van der Waals surface area contributed by atoms with E-state index in [-0.39, 0.29) is 19.3 Å². The Balaban J connectivity index is 4.78. The molecule has 570 valence electrons. The summed E-state index contributed by atoms with van der Waals surface area (Å²) in [7, 11) is -9.84. The summed E-state index contributed by atoms with van der Waals surface area (Å²) in [5.41, 5.74) is 0. The van der Waals surface area contributed by atoms with E-state index < -0.39 is 91.5 Å². The van der Waals surface area contributed by atoms with E-state index in [1.54, 1.807) is 0 Å². The molecule has 0 saturated heterocycles. The molecule has 101 heavy (non-hydrogen) atoms. The fourth-order valence-electron chi connectivity index (χ4n) is 9.11. The molecule has 5 unspecified atom stereocenters. The lowest BCUT2D eigenvalue weighted by molar-refractivity contribution is -0.161. The first-order valence-electron chi connectivity index (χ1n) is 37.7. The molecule has 0 aromatic carbocycles. The van der Waals surface area contributed by atoms with Gasteiger partial charge >= 0.3 is 33.6 Å². The minimum atomic E-state index is -4.97. The zero-order valence-electron chi connectivity index (χ0n) is 62.0. The molecule has 0 spiro atoms. The molecule has 16 nitrogen and oxygen atoms in total. The summed E-state index contributed by atoms with van der Waals surface area (Å²) in [6, 6.07) is 0. The van der Waals surface area contributed by atoms with Gasteiger partial charge in [-0.05, 0) is 154 Å². The number of ether oxygens (including phenoxy) is 3. The van der Waals surface area contributed by atoms with Crippen LogP contribution < -0.4 is 0 Å². The first-order valence-corrected chi connectivity index (χ1v) is 40.7. The lowest BCUT2D eigenvalue weighted by atomic mass is 10.1. The predicted octanol–water partition coefficient (Wildman–Crippen LogP) is 22.0. The van der Waals surface area contributed by atoms with Crippen LogP contribution in [0.15, 0.2) is 194 Å². The molecular weight excluding hydrogens is 1310 g/mol. The van der Waals surface area contributed by atoms with Crippen LogP contribution in [-0.2, 0) is 55.8 Å². The summed E-state index contributed by atoms with van der Waals surface area (Å²) in [5, 5.41) is 20.6. The van der Waals surface area contributed by atoms with Crippen LogP contribution >= 0.6 is 15.6 Å². The number of carbonyl (C=O) groups is 3. The highest BCUT2D eigenvalue weighted by Gasteiger charge is 2.29. The van der Waals surface area contributed by atoms with Gasteiger partial charge in [0.05, 0.1) is 26.4 Å². The maximum Gasteiger partial charge on any atom is 0.472 e. The molecule has 0 fully saturated rings. The van der Waals surface area contributed by atoms with Gasteiger partial charge in [-0.15, -0.1) is 0 Å². The Morgan fingerprint density at radius 2 is 0.545 bits per heavy atom. The van der Waals surface area contributed by atoms with E-state index in [0.717, 1.165) is 167 Å². The molecule has 0 amide bonds. The normalized spacial score (nSPS) is 15.1. The number of esters is 3. The van der Waals surface area contributed by atoms with Gasteiger partial charge in [-0.2, -0.15) is 0 Å². The van der Waals surface area contributed by atoms with Gasteiger partial charge in [0.1, 0.15) is 25.4 Å². The number of allylic oxidation sites excluding steroid dienone is 32. The average molecular weight is 1450 g/mol. The Hall–Kier alpha value is -5.61. The van der Waals surface area contributed by atoms with Crippen molar-refractivity contribution in [3.05, 3.63) is 194 Å². The molecule has 0 aliphatic carbocycles. The number of phosphoric ester groups is 2. The van der Waals surface area contributed by atoms with E-state index in [4.69, 9.17) is 32.3 Å².